The lowest BCUT2D eigenvalue weighted by molar-refractivity contribution is -0.143. The second-order valence-corrected chi connectivity index (χ2v) is 6.59. The van der Waals surface area contributed by atoms with Gasteiger partial charge in [0.2, 0.25) is 0 Å². The molecule has 0 atom stereocenters. The van der Waals surface area contributed by atoms with E-state index < -0.39 is 17.8 Å². The number of amides is 1. The van der Waals surface area contributed by atoms with Crippen molar-refractivity contribution in [3.05, 3.63) is 52.8 Å². The number of piperazine rings is 1. The number of carbonyl (C=O) groups excluding carboxylic acids is 1. The Labute approximate surface area is 150 Å². The summed E-state index contributed by atoms with van der Waals surface area (Å²) in [5.74, 6) is -0.453. The first-order valence-electron chi connectivity index (χ1n) is 8.42. The van der Waals surface area contributed by atoms with Crippen LogP contribution in [0.4, 0.5) is 13.2 Å². The molecule has 0 radical (unpaired) electrons. The third-order valence-electron chi connectivity index (χ3n) is 4.58. The predicted octanol–water partition coefficient (Wildman–Crippen LogP) is 2.71. The van der Waals surface area contributed by atoms with Gasteiger partial charge < -0.3 is 4.90 Å². The number of rotatable bonds is 3. The van der Waals surface area contributed by atoms with Crippen molar-refractivity contribution in [1.29, 1.82) is 0 Å². The minimum atomic E-state index is -4.52. The molecule has 0 N–H and O–H groups in total. The first kappa shape index (κ1) is 18.4. The van der Waals surface area contributed by atoms with E-state index >= 15 is 0 Å². The third-order valence-corrected chi connectivity index (χ3v) is 4.58. The first-order chi connectivity index (χ1) is 12.2. The molecule has 1 aliphatic rings. The van der Waals surface area contributed by atoms with E-state index in [2.05, 4.69) is 34.3 Å². The summed E-state index contributed by atoms with van der Waals surface area (Å²) < 4.78 is 39.3. The molecule has 2 aromatic rings. The summed E-state index contributed by atoms with van der Waals surface area (Å²) in [6, 6.07) is 9.11. The summed E-state index contributed by atoms with van der Waals surface area (Å²) >= 11 is 0. The maximum Gasteiger partial charge on any atom is 0.433 e. The normalized spacial score (nSPS) is 16.1. The molecule has 0 bridgehead atoms. The lowest BCUT2D eigenvalue weighted by Crippen LogP contribution is -2.48. The Morgan fingerprint density at radius 2 is 1.73 bits per heavy atom. The van der Waals surface area contributed by atoms with Crippen molar-refractivity contribution < 1.29 is 18.0 Å². The average molecular weight is 366 g/mol. The zero-order valence-electron chi connectivity index (χ0n) is 14.8. The van der Waals surface area contributed by atoms with Crippen LogP contribution in [-0.4, -0.2) is 51.7 Å². The summed E-state index contributed by atoms with van der Waals surface area (Å²) in [7, 11) is 1.19. The molecule has 5 nitrogen and oxygen atoms in total. The van der Waals surface area contributed by atoms with Gasteiger partial charge in [-0.15, -0.1) is 0 Å². The molecule has 8 heteroatoms. The fourth-order valence-corrected chi connectivity index (χ4v) is 3.06. The molecule has 0 saturated carbocycles. The van der Waals surface area contributed by atoms with Crippen LogP contribution in [0.3, 0.4) is 0 Å². The van der Waals surface area contributed by atoms with E-state index in [4.69, 9.17) is 0 Å². The molecule has 1 fully saturated rings. The Balaban J connectivity index is 1.59. The van der Waals surface area contributed by atoms with Gasteiger partial charge in [0.1, 0.15) is 5.69 Å². The first-order valence-corrected chi connectivity index (χ1v) is 8.42. The summed E-state index contributed by atoms with van der Waals surface area (Å²) in [5, 5.41) is 3.74. The average Bonchev–Trinajstić information content (AvgIpc) is 2.99. The van der Waals surface area contributed by atoms with Crippen molar-refractivity contribution in [2.45, 2.75) is 19.6 Å². The molecule has 2 heterocycles. The van der Waals surface area contributed by atoms with E-state index in [9.17, 15) is 18.0 Å². The minimum Gasteiger partial charge on any atom is -0.335 e. The standard InChI is InChI=1S/C18H21F3N4O/c1-13-3-5-14(6-4-13)12-24-7-9-25(10-8-24)17(26)15-11-16(18(19,20)21)23(2)22-15/h3-6,11H,7-10,12H2,1-2H3. The van der Waals surface area contributed by atoms with Crippen molar-refractivity contribution in [2.75, 3.05) is 26.2 Å². The maximum absolute atomic E-state index is 12.9. The largest absolute Gasteiger partial charge is 0.433 e. The van der Waals surface area contributed by atoms with Crippen molar-refractivity contribution in [2.24, 2.45) is 7.05 Å². The Hall–Kier alpha value is -2.35. The van der Waals surface area contributed by atoms with Crippen LogP contribution in [0, 0.1) is 6.92 Å². The highest BCUT2D eigenvalue weighted by Crippen LogP contribution is 2.29. The number of carbonyl (C=O) groups is 1. The third kappa shape index (κ3) is 4.07. The number of benzene rings is 1. The number of alkyl halides is 3. The zero-order valence-corrected chi connectivity index (χ0v) is 14.8. The van der Waals surface area contributed by atoms with Gasteiger partial charge in [-0.1, -0.05) is 29.8 Å². The van der Waals surface area contributed by atoms with Gasteiger partial charge in [0.15, 0.2) is 5.69 Å². The van der Waals surface area contributed by atoms with Gasteiger partial charge in [-0.05, 0) is 12.5 Å². The van der Waals surface area contributed by atoms with Gasteiger partial charge in [0, 0.05) is 45.8 Å². The molecular formula is C18H21F3N4O. The number of aryl methyl sites for hydroxylation is 2. The molecule has 140 valence electrons. The fourth-order valence-electron chi connectivity index (χ4n) is 3.06. The number of hydrogen-bond acceptors (Lipinski definition) is 3. The molecule has 26 heavy (non-hydrogen) atoms. The molecule has 1 aromatic heterocycles. The molecule has 1 saturated heterocycles. The van der Waals surface area contributed by atoms with Gasteiger partial charge in [-0.2, -0.15) is 18.3 Å². The summed E-state index contributed by atoms with van der Waals surface area (Å²) in [6.45, 7) is 5.14. The second kappa shape index (κ2) is 7.11. The minimum absolute atomic E-state index is 0.160. The Morgan fingerprint density at radius 1 is 1.12 bits per heavy atom. The van der Waals surface area contributed by atoms with Crippen LogP contribution in [0.25, 0.3) is 0 Å². The van der Waals surface area contributed by atoms with E-state index in [1.807, 2.05) is 6.92 Å². The quantitative estimate of drug-likeness (QED) is 0.839. The summed E-state index contributed by atoms with van der Waals surface area (Å²) in [6.07, 6.45) is -4.52. The van der Waals surface area contributed by atoms with Crippen molar-refractivity contribution in [3.63, 3.8) is 0 Å². The topological polar surface area (TPSA) is 41.4 Å². The lowest BCUT2D eigenvalue weighted by Gasteiger charge is -2.34. The van der Waals surface area contributed by atoms with E-state index in [1.54, 1.807) is 4.90 Å². The van der Waals surface area contributed by atoms with E-state index in [0.29, 0.717) is 30.9 Å². The van der Waals surface area contributed by atoms with Crippen LogP contribution in [0.2, 0.25) is 0 Å². The highest BCUT2D eigenvalue weighted by atomic mass is 19.4. The van der Waals surface area contributed by atoms with Crippen LogP contribution in [0.15, 0.2) is 30.3 Å². The molecule has 0 spiro atoms. The molecule has 0 unspecified atom stereocenters. The summed E-state index contributed by atoms with van der Waals surface area (Å²) in [5.41, 5.74) is 1.33. The molecule has 1 aliphatic heterocycles. The zero-order chi connectivity index (χ0) is 18.9. The van der Waals surface area contributed by atoms with Gasteiger partial charge in [0.25, 0.3) is 5.91 Å². The number of hydrogen-bond donors (Lipinski definition) is 0. The number of halogens is 3. The van der Waals surface area contributed by atoms with Crippen LogP contribution in [0.1, 0.15) is 27.3 Å². The molecule has 1 amide bonds. The number of nitrogens with zero attached hydrogens (tertiary/aromatic N) is 4. The SMILES string of the molecule is Cc1ccc(CN2CCN(C(=O)c3cc(C(F)(F)F)n(C)n3)CC2)cc1. The van der Waals surface area contributed by atoms with Gasteiger partial charge in [-0.3, -0.25) is 14.4 Å². The number of aromatic nitrogens is 2. The molecular weight excluding hydrogens is 345 g/mol. The van der Waals surface area contributed by atoms with Crippen LogP contribution >= 0.6 is 0 Å². The highest BCUT2D eigenvalue weighted by molar-refractivity contribution is 5.92. The van der Waals surface area contributed by atoms with Crippen LogP contribution in [-0.2, 0) is 19.8 Å². The maximum atomic E-state index is 12.9. The Bertz CT molecular complexity index is 775. The smallest absolute Gasteiger partial charge is 0.335 e. The Kier molecular flexibility index (Phi) is 5.04. The fraction of sp³-hybridized carbons (Fsp3) is 0.444. The second-order valence-electron chi connectivity index (χ2n) is 6.59. The Morgan fingerprint density at radius 3 is 2.27 bits per heavy atom. The molecule has 1 aromatic carbocycles. The van der Waals surface area contributed by atoms with Gasteiger partial charge in [0.05, 0.1) is 0 Å². The van der Waals surface area contributed by atoms with Crippen LogP contribution in [0.5, 0.6) is 0 Å². The highest BCUT2D eigenvalue weighted by Gasteiger charge is 2.36. The van der Waals surface area contributed by atoms with Crippen LogP contribution < -0.4 is 0 Å². The summed E-state index contributed by atoms with van der Waals surface area (Å²) in [4.78, 5) is 16.3. The molecule has 0 aliphatic carbocycles. The predicted molar refractivity (Wildman–Crippen MR) is 90.6 cm³/mol. The van der Waals surface area contributed by atoms with E-state index in [0.717, 1.165) is 12.6 Å². The van der Waals surface area contributed by atoms with Crippen molar-refractivity contribution >= 4 is 5.91 Å². The van der Waals surface area contributed by atoms with E-state index in [1.165, 1.54) is 18.2 Å². The monoisotopic (exact) mass is 366 g/mol. The van der Waals surface area contributed by atoms with Gasteiger partial charge in [-0.25, -0.2) is 0 Å². The molecule has 3 rings (SSSR count). The lowest BCUT2D eigenvalue weighted by atomic mass is 10.1. The van der Waals surface area contributed by atoms with Crippen molar-refractivity contribution in [1.82, 2.24) is 19.6 Å². The van der Waals surface area contributed by atoms with Gasteiger partial charge >= 0.3 is 6.18 Å². The van der Waals surface area contributed by atoms with Crippen molar-refractivity contribution in [3.8, 4) is 0 Å². The van der Waals surface area contributed by atoms with E-state index in [-0.39, 0.29) is 5.69 Å².